The van der Waals surface area contributed by atoms with Gasteiger partial charge in [-0.15, -0.1) is 0 Å². The van der Waals surface area contributed by atoms with Gasteiger partial charge in [-0.25, -0.2) is 0 Å². The van der Waals surface area contributed by atoms with Crippen LogP contribution < -0.4 is 0 Å². The first-order valence-corrected chi connectivity index (χ1v) is 8.37. The zero-order valence-electron chi connectivity index (χ0n) is 11.3. The van der Waals surface area contributed by atoms with Gasteiger partial charge in [0.25, 0.3) is 5.91 Å². The largest absolute Gasteiger partial charge is 0.376 e. The van der Waals surface area contributed by atoms with Crippen LogP contribution in [0.2, 0.25) is 5.02 Å². The van der Waals surface area contributed by atoms with Crippen molar-refractivity contribution in [3.05, 3.63) is 39.8 Å². The number of carbonyl (C=O) groups is 1. The predicted octanol–water partition coefficient (Wildman–Crippen LogP) is 3.72. The number of thiocarbonyl (C=S) groups is 1. The third-order valence-electron chi connectivity index (χ3n) is 3.48. The van der Waals surface area contributed by atoms with E-state index in [0.29, 0.717) is 20.8 Å². The van der Waals surface area contributed by atoms with Gasteiger partial charge in [0.1, 0.15) is 4.32 Å². The third kappa shape index (κ3) is 3.31. The van der Waals surface area contributed by atoms with Gasteiger partial charge in [-0.3, -0.25) is 9.69 Å². The number of nitrogens with zero attached hydrogens (tertiary/aromatic N) is 1. The number of carbonyl (C=O) groups excluding carboxylic acids is 1. The highest BCUT2D eigenvalue weighted by Gasteiger charge is 2.34. The molecule has 0 saturated carbocycles. The molecule has 0 bridgehead atoms. The fraction of sp³-hybridized carbons (Fsp3) is 0.333. The molecule has 1 atom stereocenters. The van der Waals surface area contributed by atoms with E-state index in [-0.39, 0.29) is 12.0 Å². The number of amides is 1. The summed E-state index contributed by atoms with van der Waals surface area (Å²) >= 11 is 12.8. The molecule has 3 rings (SSSR count). The normalized spacial score (nSPS) is 24.3. The van der Waals surface area contributed by atoms with E-state index < -0.39 is 0 Å². The molecular weight excluding hydrogens is 326 g/mol. The van der Waals surface area contributed by atoms with E-state index in [2.05, 4.69) is 0 Å². The van der Waals surface area contributed by atoms with Gasteiger partial charge in [-0.2, -0.15) is 0 Å². The molecule has 0 aliphatic carbocycles. The number of thioether (sulfide) groups is 1. The van der Waals surface area contributed by atoms with E-state index in [4.69, 9.17) is 28.6 Å². The van der Waals surface area contributed by atoms with Crippen LogP contribution in [0.4, 0.5) is 0 Å². The van der Waals surface area contributed by atoms with Crippen LogP contribution in [0.15, 0.2) is 29.2 Å². The second-order valence-electron chi connectivity index (χ2n) is 4.95. The van der Waals surface area contributed by atoms with E-state index in [1.165, 1.54) is 11.8 Å². The van der Waals surface area contributed by atoms with Crippen molar-refractivity contribution >= 4 is 51.9 Å². The molecule has 1 aromatic carbocycles. The molecule has 110 valence electrons. The summed E-state index contributed by atoms with van der Waals surface area (Å²) in [7, 11) is 0. The fourth-order valence-electron chi connectivity index (χ4n) is 2.38. The van der Waals surface area contributed by atoms with E-state index >= 15 is 0 Å². The van der Waals surface area contributed by atoms with Gasteiger partial charge in [0.15, 0.2) is 0 Å². The summed E-state index contributed by atoms with van der Waals surface area (Å²) in [4.78, 5) is 14.7. The molecule has 0 spiro atoms. The van der Waals surface area contributed by atoms with Crippen LogP contribution in [0.25, 0.3) is 6.08 Å². The summed E-state index contributed by atoms with van der Waals surface area (Å²) < 4.78 is 6.17. The Kier molecular flexibility index (Phi) is 4.64. The highest BCUT2D eigenvalue weighted by Crippen LogP contribution is 2.34. The van der Waals surface area contributed by atoms with Crippen LogP contribution in [-0.4, -0.2) is 34.4 Å². The van der Waals surface area contributed by atoms with Crippen molar-refractivity contribution in [2.24, 2.45) is 0 Å². The fourth-order valence-corrected chi connectivity index (χ4v) is 3.84. The van der Waals surface area contributed by atoms with Crippen LogP contribution in [-0.2, 0) is 9.53 Å². The Labute approximate surface area is 138 Å². The number of benzene rings is 1. The molecule has 2 fully saturated rings. The van der Waals surface area contributed by atoms with Crippen LogP contribution in [0.3, 0.4) is 0 Å². The Morgan fingerprint density at radius 2 is 2.29 bits per heavy atom. The van der Waals surface area contributed by atoms with Gasteiger partial charge < -0.3 is 4.74 Å². The molecule has 0 unspecified atom stereocenters. The second-order valence-corrected chi connectivity index (χ2v) is 7.03. The first-order chi connectivity index (χ1) is 10.1. The van der Waals surface area contributed by atoms with E-state index in [0.717, 1.165) is 25.0 Å². The average molecular weight is 340 g/mol. The van der Waals surface area contributed by atoms with Crippen molar-refractivity contribution in [3.63, 3.8) is 0 Å². The van der Waals surface area contributed by atoms with Crippen molar-refractivity contribution < 1.29 is 9.53 Å². The van der Waals surface area contributed by atoms with Gasteiger partial charge >= 0.3 is 0 Å². The number of halogens is 1. The number of hydrogen-bond acceptors (Lipinski definition) is 4. The molecule has 2 aliphatic rings. The van der Waals surface area contributed by atoms with Gasteiger partial charge in [-0.1, -0.05) is 53.8 Å². The summed E-state index contributed by atoms with van der Waals surface area (Å²) in [5, 5.41) is 0.627. The zero-order valence-corrected chi connectivity index (χ0v) is 13.6. The Morgan fingerprint density at radius 3 is 3.00 bits per heavy atom. The maximum absolute atomic E-state index is 12.5. The van der Waals surface area contributed by atoms with Crippen molar-refractivity contribution in [2.45, 2.75) is 18.9 Å². The van der Waals surface area contributed by atoms with E-state index in [1.54, 1.807) is 17.0 Å². The Hall–Kier alpha value is -0.880. The Bertz CT molecular complexity index is 611. The molecule has 0 radical (unpaired) electrons. The van der Waals surface area contributed by atoms with Crippen LogP contribution in [0.1, 0.15) is 18.4 Å². The molecule has 3 nitrogen and oxygen atoms in total. The molecular formula is C15H14ClNO2S2. The topological polar surface area (TPSA) is 29.5 Å². The first-order valence-electron chi connectivity index (χ1n) is 6.76. The standard InChI is InChI=1S/C15H14ClNO2S2/c16-12-6-2-1-4-10(12)8-13-14(18)17(15(20)21-13)9-11-5-3-7-19-11/h1-2,4,6,8,11H,3,5,7,9H2/b13-8-/t11-/m0/s1. The summed E-state index contributed by atoms with van der Waals surface area (Å²) in [6.45, 7) is 1.32. The summed E-state index contributed by atoms with van der Waals surface area (Å²) in [5.74, 6) is -0.0552. The lowest BCUT2D eigenvalue weighted by molar-refractivity contribution is -0.123. The minimum Gasteiger partial charge on any atom is -0.376 e. The smallest absolute Gasteiger partial charge is 0.266 e. The van der Waals surface area contributed by atoms with E-state index in [9.17, 15) is 4.79 Å². The molecule has 21 heavy (non-hydrogen) atoms. The minimum atomic E-state index is -0.0552. The van der Waals surface area contributed by atoms with Crippen LogP contribution in [0.5, 0.6) is 0 Å². The Morgan fingerprint density at radius 1 is 1.48 bits per heavy atom. The van der Waals surface area contributed by atoms with E-state index in [1.807, 2.05) is 18.2 Å². The van der Waals surface area contributed by atoms with Crippen molar-refractivity contribution in [3.8, 4) is 0 Å². The second kappa shape index (κ2) is 6.48. The predicted molar refractivity (Wildman–Crippen MR) is 90.3 cm³/mol. The lowest BCUT2D eigenvalue weighted by Crippen LogP contribution is -2.35. The van der Waals surface area contributed by atoms with Crippen LogP contribution in [0, 0.1) is 0 Å². The minimum absolute atomic E-state index is 0.0552. The number of hydrogen-bond donors (Lipinski definition) is 0. The monoisotopic (exact) mass is 339 g/mol. The number of rotatable bonds is 3. The summed E-state index contributed by atoms with van der Waals surface area (Å²) in [5.41, 5.74) is 0.830. The maximum atomic E-state index is 12.5. The molecule has 1 aromatic rings. The zero-order chi connectivity index (χ0) is 14.8. The van der Waals surface area contributed by atoms with Gasteiger partial charge in [0.05, 0.1) is 17.6 Å². The maximum Gasteiger partial charge on any atom is 0.266 e. The van der Waals surface area contributed by atoms with Crippen molar-refractivity contribution in [2.75, 3.05) is 13.2 Å². The van der Waals surface area contributed by atoms with Crippen molar-refractivity contribution in [1.29, 1.82) is 0 Å². The molecule has 2 saturated heterocycles. The molecule has 0 N–H and O–H groups in total. The lowest BCUT2D eigenvalue weighted by atomic mass is 10.2. The molecule has 0 aromatic heterocycles. The summed E-state index contributed by atoms with van der Waals surface area (Å²) in [6.07, 6.45) is 3.94. The summed E-state index contributed by atoms with van der Waals surface area (Å²) in [6, 6.07) is 7.45. The quantitative estimate of drug-likeness (QED) is 0.620. The highest BCUT2D eigenvalue weighted by atomic mass is 35.5. The number of ether oxygens (including phenoxy) is 1. The Balaban J connectivity index is 1.78. The van der Waals surface area contributed by atoms with Crippen LogP contribution >= 0.6 is 35.6 Å². The van der Waals surface area contributed by atoms with Gasteiger partial charge in [-0.05, 0) is 30.5 Å². The average Bonchev–Trinajstić information content (AvgIpc) is 3.06. The van der Waals surface area contributed by atoms with Gasteiger partial charge in [0, 0.05) is 11.6 Å². The van der Waals surface area contributed by atoms with Gasteiger partial charge in [0.2, 0.25) is 0 Å². The molecule has 6 heteroatoms. The van der Waals surface area contributed by atoms with Crippen molar-refractivity contribution in [1.82, 2.24) is 4.90 Å². The molecule has 2 aliphatic heterocycles. The molecule has 1 amide bonds. The SMILES string of the molecule is O=C1/C(=C/c2ccccc2Cl)SC(=S)N1C[C@@H]1CCCO1. The lowest BCUT2D eigenvalue weighted by Gasteiger charge is -2.18. The molecule has 2 heterocycles. The third-order valence-corrected chi connectivity index (χ3v) is 5.20. The first kappa shape index (κ1) is 15.0. The highest BCUT2D eigenvalue weighted by molar-refractivity contribution is 8.26.